The van der Waals surface area contributed by atoms with Crippen molar-refractivity contribution in [3.8, 4) is 0 Å². The Morgan fingerprint density at radius 1 is 1.09 bits per heavy atom. The van der Waals surface area contributed by atoms with E-state index in [1.165, 1.54) is 11.8 Å². The highest BCUT2D eigenvalue weighted by atomic mass is 35.5. The topological polar surface area (TPSA) is 101 Å². The number of Topliss-reactive ketones (excluding diaryl/α,β-unsaturated/α-hetero) is 1. The molecule has 0 saturated carbocycles. The van der Waals surface area contributed by atoms with Crippen LogP contribution < -0.4 is 10.6 Å². The fourth-order valence-electron chi connectivity index (χ4n) is 3.54. The standard InChI is InChI=1S/C26H29ClN4O4/c1-18(32)8-7-12-22(31(2)25(33)29-16-21-11-5-6-13-23(21)27)17-35-26(34)30-24-14-19-9-3-4-10-20(19)15-28-24/h3-6,9-11,13-15,22H,7-8,12,16-17H2,1-2H3,(H,29,33)(H,28,30,34)/t22-/m0/s1. The molecule has 35 heavy (non-hydrogen) atoms. The van der Waals surface area contributed by atoms with Gasteiger partial charge >= 0.3 is 12.1 Å². The fraction of sp³-hybridized carbons (Fsp3) is 0.308. The fourth-order valence-corrected chi connectivity index (χ4v) is 3.75. The Hall–Kier alpha value is -3.65. The number of hydrogen-bond acceptors (Lipinski definition) is 5. The van der Waals surface area contributed by atoms with Crippen LogP contribution in [0.25, 0.3) is 10.8 Å². The van der Waals surface area contributed by atoms with Crippen LogP contribution in [-0.2, 0) is 16.1 Å². The van der Waals surface area contributed by atoms with E-state index in [1.807, 2.05) is 42.5 Å². The Balaban J connectivity index is 1.58. The van der Waals surface area contributed by atoms with Gasteiger partial charge in [0.2, 0.25) is 0 Å². The number of ether oxygens (including phenoxy) is 1. The van der Waals surface area contributed by atoms with Crippen LogP contribution in [0.1, 0.15) is 31.7 Å². The maximum absolute atomic E-state index is 12.8. The maximum Gasteiger partial charge on any atom is 0.412 e. The molecule has 0 aliphatic heterocycles. The number of amides is 3. The second-order valence-corrected chi connectivity index (χ2v) is 8.66. The number of carbonyl (C=O) groups is 3. The summed E-state index contributed by atoms with van der Waals surface area (Å²) < 4.78 is 5.41. The van der Waals surface area contributed by atoms with Gasteiger partial charge in [-0.2, -0.15) is 0 Å². The number of aromatic nitrogens is 1. The van der Waals surface area contributed by atoms with Gasteiger partial charge in [0, 0.05) is 36.6 Å². The maximum atomic E-state index is 12.8. The third-order valence-electron chi connectivity index (χ3n) is 5.59. The summed E-state index contributed by atoms with van der Waals surface area (Å²) >= 11 is 6.16. The van der Waals surface area contributed by atoms with Crippen molar-refractivity contribution in [1.29, 1.82) is 0 Å². The van der Waals surface area contributed by atoms with Gasteiger partial charge in [-0.3, -0.25) is 5.32 Å². The summed E-state index contributed by atoms with van der Waals surface area (Å²) in [5, 5.41) is 7.92. The Labute approximate surface area is 209 Å². The van der Waals surface area contributed by atoms with E-state index in [1.54, 1.807) is 25.4 Å². The molecule has 1 atom stereocenters. The molecule has 3 amide bonds. The number of hydrogen-bond donors (Lipinski definition) is 2. The summed E-state index contributed by atoms with van der Waals surface area (Å²) in [5.74, 6) is 0.434. The minimum Gasteiger partial charge on any atom is -0.447 e. The van der Waals surface area contributed by atoms with Crippen LogP contribution >= 0.6 is 11.6 Å². The van der Waals surface area contributed by atoms with E-state index in [-0.39, 0.29) is 25.0 Å². The zero-order chi connectivity index (χ0) is 25.2. The molecule has 0 aliphatic rings. The Bertz CT molecular complexity index is 1190. The van der Waals surface area contributed by atoms with Crippen molar-refractivity contribution in [3.63, 3.8) is 0 Å². The van der Waals surface area contributed by atoms with Gasteiger partial charge in [0.1, 0.15) is 18.2 Å². The molecule has 0 aliphatic carbocycles. The number of halogens is 1. The number of rotatable bonds is 10. The van der Waals surface area contributed by atoms with Crippen molar-refractivity contribution in [3.05, 3.63) is 71.4 Å². The number of ketones is 1. The molecule has 3 rings (SSSR count). The van der Waals surface area contributed by atoms with E-state index < -0.39 is 12.1 Å². The number of nitrogens with zero attached hydrogens (tertiary/aromatic N) is 2. The first kappa shape index (κ1) is 26.0. The Morgan fingerprint density at radius 3 is 2.54 bits per heavy atom. The summed E-state index contributed by atoms with van der Waals surface area (Å²) in [4.78, 5) is 42.3. The minimum absolute atomic E-state index is 0.0344. The van der Waals surface area contributed by atoms with Gasteiger partial charge in [-0.25, -0.2) is 14.6 Å². The van der Waals surface area contributed by atoms with E-state index in [0.29, 0.717) is 30.1 Å². The second-order valence-electron chi connectivity index (χ2n) is 8.25. The lowest BCUT2D eigenvalue weighted by Gasteiger charge is -2.28. The van der Waals surface area contributed by atoms with Crippen molar-refractivity contribution in [2.45, 2.75) is 38.8 Å². The number of urea groups is 1. The van der Waals surface area contributed by atoms with Crippen LogP contribution in [0.4, 0.5) is 15.4 Å². The monoisotopic (exact) mass is 496 g/mol. The van der Waals surface area contributed by atoms with Crippen LogP contribution in [0.3, 0.4) is 0 Å². The van der Waals surface area contributed by atoms with Crippen molar-refractivity contribution < 1.29 is 19.1 Å². The van der Waals surface area contributed by atoms with Gasteiger partial charge < -0.3 is 19.7 Å². The first-order valence-electron chi connectivity index (χ1n) is 11.4. The predicted octanol–water partition coefficient (Wildman–Crippen LogP) is 5.41. The molecule has 1 aromatic heterocycles. The third-order valence-corrected chi connectivity index (χ3v) is 5.96. The molecule has 0 spiro atoms. The highest BCUT2D eigenvalue weighted by Crippen LogP contribution is 2.17. The number of carbonyl (C=O) groups excluding carboxylic acids is 3. The lowest BCUT2D eigenvalue weighted by atomic mass is 10.1. The first-order chi connectivity index (χ1) is 16.8. The van der Waals surface area contributed by atoms with Gasteiger partial charge in [0.25, 0.3) is 0 Å². The predicted molar refractivity (Wildman–Crippen MR) is 136 cm³/mol. The number of likely N-dealkylation sites (N-methyl/N-ethyl adjacent to an activating group) is 1. The zero-order valence-corrected chi connectivity index (χ0v) is 20.5. The summed E-state index contributed by atoms with van der Waals surface area (Å²) in [6.07, 6.45) is 2.45. The van der Waals surface area contributed by atoms with Crippen LogP contribution in [-0.4, -0.2) is 47.5 Å². The van der Waals surface area contributed by atoms with Gasteiger partial charge in [0.15, 0.2) is 0 Å². The van der Waals surface area contributed by atoms with Crippen molar-refractivity contribution in [1.82, 2.24) is 15.2 Å². The van der Waals surface area contributed by atoms with E-state index >= 15 is 0 Å². The molecule has 9 heteroatoms. The van der Waals surface area contributed by atoms with Crippen molar-refractivity contribution in [2.24, 2.45) is 0 Å². The molecule has 2 aromatic carbocycles. The van der Waals surface area contributed by atoms with Crippen LogP contribution in [0.5, 0.6) is 0 Å². The number of pyridine rings is 1. The molecule has 1 heterocycles. The summed E-state index contributed by atoms with van der Waals surface area (Å²) in [6.45, 7) is 1.75. The molecule has 0 bridgehead atoms. The van der Waals surface area contributed by atoms with Gasteiger partial charge in [-0.05, 0) is 42.8 Å². The summed E-state index contributed by atoms with van der Waals surface area (Å²) in [7, 11) is 1.63. The zero-order valence-electron chi connectivity index (χ0n) is 19.8. The lowest BCUT2D eigenvalue weighted by Crippen LogP contribution is -2.46. The van der Waals surface area contributed by atoms with E-state index in [2.05, 4.69) is 15.6 Å². The highest BCUT2D eigenvalue weighted by molar-refractivity contribution is 6.31. The van der Waals surface area contributed by atoms with Crippen LogP contribution in [0.15, 0.2) is 60.8 Å². The molecule has 3 aromatic rings. The number of anilines is 1. The van der Waals surface area contributed by atoms with E-state index in [4.69, 9.17) is 16.3 Å². The highest BCUT2D eigenvalue weighted by Gasteiger charge is 2.22. The largest absolute Gasteiger partial charge is 0.447 e. The number of nitrogens with one attached hydrogen (secondary N) is 2. The smallest absolute Gasteiger partial charge is 0.412 e. The van der Waals surface area contributed by atoms with Gasteiger partial charge in [0.05, 0.1) is 6.04 Å². The quantitative estimate of drug-likeness (QED) is 0.391. The summed E-state index contributed by atoms with van der Waals surface area (Å²) in [6, 6.07) is 15.9. The summed E-state index contributed by atoms with van der Waals surface area (Å²) in [5.41, 5.74) is 0.794. The molecule has 0 fully saturated rings. The second kappa shape index (κ2) is 12.7. The molecular weight excluding hydrogens is 468 g/mol. The average Bonchev–Trinajstić information content (AvgIpc) is 2.84. The van der Waals surface area contributed by atoms with Crippen molar-refractivity contribution >= 4 is 46.1 Å². The molecule has 2 N–H and O–H groups in total. The van der Waals surface area contributed by atoms with Gasteiger partial charge in [-0.1, -0.05) is 54.1 Å². The average molecular weight is 497 g/mol. The molecule has 184 valence electrons. The molecule has 0 unspecified atom stereocenters. The molecule has 8 nitrogen and oxygen atoms in total. The minimum atomic E-state index is -0.672. The molecule has 0 radical (unpaired) electrons. The van der Waals surface area contributed by atoms with E-state index in [0.717, 1.165) is 16.3 Å². The lowest BCUT2D eigenvalue weighted by molar-refractivity contribution is -0.117. The van der Waals surface area contributed by atoms with E-state index in [9.17, 15) is 14.4 Å². The van der Waals surface area contributed by atoms with Crippen LogP contribution in [0.2, 0.25) is 5.02 Å². The number of benzene rings is 2. The number of fused-ring (bicyclic) bond motifs is 1. The first-order valence-corrected chi connectivity index (χ1v) is 11.7. The van der Waals surface area contributed by atoms with Crippen LogP contribution in [0, 0.1) is 0 Å². The normalized spacial score (nSPS) is 11.5. The SMILES string of the molecule is CC(=O)CCC[C@@H](COC(=O)Nc1cc2ccccc2cn1)N(C)C(=O)NCc1ccccc1Cl. The molecule has 0 saturated heterocycles. The van der Waals surface area contributed by atoms with Gasteiger partial charge in [-0.15, -0.1) is 0 Å². The molecular formula is C26H29ClN4O4. The Kier molecular flexibility index (Phi) is 9.43. The Morgan fingerprint density at radius 2 is 1.80 bits per heavy atom. The third kappa shape index (κ3) is 7.96. The van der Waals surface area contributed by atoms with Crippen molar-refractivity contribution in [2.75, 3.05) is 19.0 Å².